The predicted molar refractivity (Wildman–Crippen MR) is 107 cm³/mol. The fraction of sp³-hybridized carbons (Fsp3) is 0.0526. The van der Waals surface area contributed by atoms with Gasteiger partial charge in [-0.3, -0.25) is 4.79 Å². The van der Waals surface area contributed by atoms with Crippen molar-refractivity contribution in [1.29, 1.82) is 0 Å². The van der Waals surface area contributed by atoms with Gasteiger partial charge in [0.1, 0.15) is 5.82 Å². The fourth-order valence-electron chi connectivity index (χ4n) is 2.38. The Kier molecular flexibility index (Phi) is 5.81. The monoisotopic (exact) mass is 448 g/mol. The Labute approximate surface area is 176 Å². The summed E-state index contributed by atoms with van der Waals surface area (Å²) in [6.45, 7) is 0. The molecule has 0 saturated heterocycles. The zero-order chi connectivity index (χ0) is 21.1. The molecule has 30 heavy (non-hydrogen) atoms. The van der Waals surface area contributed by atoms with Crippen molar-refractivity contribution in [1.82, 2.24) is 15.2 Å². The summed E-state index contributed by atoms with van der Waals surface area (Å²) in [6.07, 6.45) is 0. The van der Waals surface area contributed by atoms with Gasteiger partial charge in [0.05, 0.1) is 11.4 Å². The molecule has 0 spiro atoms. The largest absolute Gasteiger partial charge is 0.411 e. The molecule has 0 atom stereocenters. The molecule has 2 aromatic carbocycles. The van der Waals surface area contributed by atoms with Crippen LogP contribution in [0.25, 0.3) is 22.7 Å². The molecule has 2 aromatic heterocycles. The first-order valence-corrected chi connectivity index (χ1v) is 10.3. The van der Waals surface area contributed by atoms with E-state index in [1.165, 1.54) is 30.3 Å². The van der Waals surface area contributed by atoms with E-state index in [1.807, 2.05) is 0 Å². The number of nitrogens with one attached hydrogen (secondary N) is 1. The van der Waals surface area contributed by atoms with Crippen LogP contribution in [0.4, 0.5) is 18.3 Å². The number of carbonyl (C=O) groups excluding carboxylic acids is 1. The number of aromatic nitrogens is 3. The van der Waals surface area contributed by atoms with Crippen LogP contribution in [0.3, 0.4) is 0 Å². The van der Waals surface area contributed by atoms with Gasteiger partial charge in [0, 0.05) is 16.5 Å². The maximum Gasteiger partial charge on any atom is 0.277 e. The number of thioether (sulfide) groups is 1. The Morgan fingerprint density at radius 2 is 1.80 bits per heavy atom. The van der Waals surface area contributed by atoms with Crippen LogP contribution in [0.2, 0.25) is 0 Å². The van der Waals surface area contributed by atoms with E-state index in [1.54, 1.807) is 5.38 Å². The molecule has 4 rings (SSSR count). The summed E-state index contributed by atoms with van der Waals surface area (Å²) in [5, 5.41) is 12.5. The van der Waals surface area contributed by atoms with E-state index in [9.17, 15) is 18.0 Å². The van der Waals surface area contributed by atoms with E-state index in [4.69, 9.17) is 4.42 Å². The second-order valence-corrected chi connectivity index (χ2v) is 7.67. The van der Waals surface area contributed by atoms with Gasteiger partial charge in [0.25, 0.3) is 5.22 Å². The van der Waals surface area contributed by atoms with E-state index < -0.39 is 11.6 Å². The van der Waals surface area contributed by atoms with Crippen LogP contribution in [-0.4, -0.2) is 26.8 Å². The number of amides is 1. The molecule has 0 saturated carbocycles. The predicted octanol–water partition coefficient (Wildman–Crippen LogP) is 5.01. The standard InChI is InChI=1S/C19H11F3N4O2S2/c20-12-4-1-10(2-5-12)17-25-26-19(28-17)30-9-16(27)24-18-23-15(8-29-18)11-3-6-13(21)14(22)7-11/h1-8H,9H2,(H,23,24,27). The lowest BCUT2D eigenvalue weighted by molar-refractivity contribution is -0.113. The zero-order valence-corrected chi connectivity index (χ0v) is 16.6. The van der Waals surface area contributed by atoms with Gasteiger partial charge >= 0.3 is 0 Å². The third kappa shape index (κ3) is 4.69. The molecular formula is C19H11F3N4O2S2. The van der Waals surface area contributed by atoms with E-state index in [0.29, 0.717) is 22.0 Å². The van der Waals surface area contributed by atoms with Crippen molar-refractivity contribution in [3.63, 3.8) is 0 Å². The highest BCUT2D eigenvalue weighted by molar-refractivity contribution is 7.99. The van der Waals surface area contributed by atoms with E-state index in [2.05, 4.69) is 20.5 Å². The molecule has 0 aliphatic carbocycles. The van der Waals surface area contributed by atoms with Gasteiger partial charge in [-0.15, -0.1) is 21.5 Å². The van der Waals surface area contributed by atoms with Gasteiger partial charge in [-0.1, -0.05) is 11.8 Å². The SMILES string of the molecule is O=C(CSc1nnc(-c2ccc(F)cc2)o1)Nc1nc(-c2ccc(F)c(F)c2)cs1. The van der Waals surface area contributed by atoms with Gasteiger partial charge < -0.3 is 9.73 Å². The number of halogens is 3. The Hall–Kier alpha value is -3.18. The summed E-state index contributed by atoms with van der Waals surface area (Å²) >= 11 is 2.19. The number of thiazole rings is 1. The van der Waals surface area contributed by atoms with Crippen molar-refractivity contribution in [2.75, 3.05) is 11.1 Å². The van der Waals surface area contributed by atoms with Crippen LogP contribution in [0.5, 0.6) is 0 Å². The summed E-state index contributed by atoms with van der Waals surface area (Å²) in [6, 6.07) is 9.05. The first kappa shape index (κ1) is 20.1. The smallest absolute Gasteiger partial charge is 0.277 e. The lowest BCUT2D eigenvalue weighted by Crippen LogP contribution is -2.13. The van der Waals surface area contributed by atoms with Gasteiger partial charge in [0.15, 0.2) is 16.8 Å². The van der Waals surface area contributed by atoms with Crippen molar-refractivity contribution >= 4 is 34.1 Å². The van der Waals surface area contributed by atoms with Crippen LogP contribution in [0.15, 0.2) is 57.5 Å². The minimum Gasteiger partial charge on any atom is -0.411 e. The molecule has 0 unspecified atom stereocenters. The van der Waals surface area contributed by atoms with Crippen molar-refractivity contribution in [2.24, 2.45) is 0 Å². The topological polar surface area (TPSA) is 80.9 Å². The maximum atomic E-state index is 13.4. The molecule has 0 aliphatic rings. The van der Waals surface area contributed by atoms with Crippen LogP contribution in [-0.2, 0) is 4.79 Å². The number of benzene rings is 2. The molecule has 152 valence electrons. The number of anilines is 1. The van der Waals surface area contributed by atoms with Crippen molar-refractivity contribution in [3.05, 3.63) is 65.3 Å². The highest BCUT2D eigenvalue weighted by atomic mass is 32.2. The molecule has 6 nitrogen and oxygen atoms in total. The summed E-state index contributed by atoms with van der Waals surface area (Å²) in [4.78, 5) is 16.3. The first-order valence-electron chi connectivity index (χ1n) is 8.41. The Bertz CT molecular complexity index is 1190. The summed E-state index contributed by atoms with van der Waals surface area (Å²) in [5.74, 6) is -2.43. The Morgan fingerprint density at radius 3 is 2.57 bits per heavy atom. The Balaban J connectivity index is 1.34. The fourth-order valence-corrected chi connectivity index (χ4v) is 3.68. The molecule has 11 heteroatoms. The van der Waals surface area contributed by atoms with Crippen LogP contribution in [0.1, 0.15) is 0 Å². The normalized spacial score (nSPS) is 10.9. The molecule has 4 aromatic rings. The highest BCUT2D eigenvalue weighted by Crippen LogP contribution is 2.27. The number of hydrogen-bond donors (Lipinski definition) is 1. The third-order valence-electron chi connectivity index (χ3n) is 3.79. The van der Waals surface area contributed by atoms with Crippen molar-refractivity contribution < 1.29 is 22.4 Å². The molecule has 0 aliphatic heterocycles. The van der Waals surface area contributed by atoms with E-state index in [-0.39, 0.29) is 28.6 Å². The van der Waals surface area contributed by atoms with Gasteiger partial charge in [0.2, 0.25) is 11.8 Å². The molecule has 0 bridgehead atoms. The highest BCUT2D eigenvalue weighted by Gasteiger charge is 2.13. The second-order valence-electron chi connectivity index (χ2n) is 5.88. The summed E-state index contributed by atoms with van der Waals surface area (Å²) < 4.78 is 44.8. The zero-order valence-electron chi connectivity index (χ0n) is 14.9. The Morgan fingerprint density at radius 1 is 1.03 bits per heavy atom. The van der Waals surface area contributed by atoms with Gasteiger partial charge in [-0.05, 0) is 42.5 Å². The van der Waals surface area contributed by atoms with Gasteiger partial charge in [-0.25, -0.2) is 18.2 Å². The van der Waals surface area contributed by atoms with E-state index >= 15 is 0 Å². The minimum absolute atomic E-state index is 0.00879. The number of rotatable bonds is 6. The van der Waals surface area contributed by atoms with Crippen LogP contribution in [0, 0.1) is 17.5 Å². The second kappa shape index (κ2) is 8.67. The van der Waals surface area contributed by atoms with Gasteiger partial charge in [-0.2, -0.15) is 0 Å². The van der Waals surface area contributed by atoms with Crippen LogP contribution < -0.4 is 5.32 Å². The average Bonchev–Trinajstić information content (AvgIpc) is 3.39. The first-order chi connectivity index (χ1) is 14.5. The lowest BCUT2D eigenvalue weighted by atomic mass is 10.2. The third-order valence-corrected chi connectivity index (χ3v) is 5.37. The molecule has 0 fully saturated rings. The molecule has 1 amide bonds. The average molecular weight is 448 g/mol. The summed E-state index contributed by atoms with van der Waals surface area (Å²) in [5.41, 5.74) is 1.38. The number of nitrogens with zero attached hydrogens (tertiary/aromatic N) is 3. The minimum atomic E-state index is -0.970. The molecule has 1 N–H and O–H groups in total. The van der Waals surface area contributed by atoms with Crippen molar-refractivity contribution in [2.45, 2.75) is 5.22 Å². The van der Waals surface area contributed by atoms with Crippen molar-refractivity contribution in [3.8, 4) is 22.7 Å². The lowest BCUT2D eigenvalue weighted by Gasteiger charge is -2.00. The summed E-state index contributed by atoms with van der Waals surface area (Å²) in [7, 11) is 0. The molecular weight excluding hydrogens is 437 g/mol. The number of carbonyl (C=O) groups is 1. The van der Waals surface area contributed by atoms with E-state index in [0.717, 1.165) is 35.2 Å². The maximum absolute atomic E-state index is 13.4. The number of hydrogen-bond acceptors (Lipinski definition) is 7. The van der Waals surface area contributed by atoms with Crippen LogP contribution >= 0.6 is 23.1 Å². The quantitative estimate of drug-likeness (QED) is 0.418. The molecule has 2 heterocycles. The molecule has 0 radical (unpaired) electrons.